The normalized spacial score (nSPS) is 44.8. The van der Waals surface area contributed by atoms with Gasteiger partial charge in [0.2, 0.25) is 0 Å². The number of likely N-dealkylation sites (N-methyl/N-ethyl adjacent to an activating group) is 1. The predicted molar refractivity (Wildman–Crippen MR) is 73.3 cm³/mol. The van der Waals surface area contributed by atoms with Crippen LogP contribution >= 0.6 is 0 Å². The number of nitrogens with one attached hydrogen (secondary N) is 1. The maximum atomic E-state index is 6.06. The molecule has 3 fully saturated rings. The highest BCUT2D eigenvalue weighted by Gasteiger charge is 2.48. The Hall–Kier alpha value is -0.160. The molecule has 0 amide bonds. The SMILES string of the molecule is CNC(C1CCOC2(CCOC2)C1)C1(C)CCCO1. The lowest BCUT2D eigenvalue weighted by molar-refractivity contribution is -0.120. The molecule has 1 N–H and O–H groups in total. The van der Waals surface area contributed by atoms with Gasteiger partial charge in [0.15, 0.2) is 0 Å². The molecular weight excluding hydrogens is 242 g/mol. The maximum absolute atomic E-state index is 6.06. The third-order valence-electron chi connectivity index (χ3n) is 5.29. The molecule has 0 saturated carbocycles. The summed E-state index contributed by atoms with van der Waals surface area (Å²) >= 11 is 0. The molecule has 4 nitrogen and oxygen atoms in total. The first-order valence-electron chi connectivity index (χ1n) is 7.70. The van der Waals surface area contributed by atoms with E-state index in [1.165, 1.54) is 12.8 Å². The Labute approximate surface area is 116 Å². The standard InChI is InChI=1S/C15H27NO3/c1-14(5-3-7-18-14)13(16-2)12-4-8-19-15(10-12)6-9-17-11-15/h12-13,16H,3-11H2,1-2H3. The summed E-state index contributed by atoms with van der Waals surface area (Å²) in [5.41, 5.74) is -0.00953. The minimum atomic E-state index is -0.00696. The van der Waals surface area contributed by atoms with Gasteiger partial charge in [-0.25, -0.2) is 0 Å². The van der Waals surface area contributed by atoms with Crippen LogP contribution in [0.25, 0.3) is 0 Å². The maximum Gasteiger partial charge on any atom is 0.0939 e. The van der Waals surface area contributed by atoms with Crippen molar-refractivity contribution in [3.05, 3.63) is 0 Å². The summed E-state index contributed by atoms with van der Waals surface area (Å²) in [6, 6.07) is 0.427. The fourth-order valence-electron chi connectivity index (χ4n) is 4.30. The van der Waals surface area contributed by atoms with Crippen molar-refractivity contribution in [2.75, 3.05) is 33.5 Å². The van der Waals surface area contributed by atoms with Crippen LogP contribution in [0.4, 0.5) is 0 Å². The molecule has 0 bridgehead atoms. The highest BCUT2D eigenvalue weighted by Crippen LogP contribution is 2.41. The molecule has 3 aliphatic heterocycles. The van der Waals surface area contributed by atoms with Crippen molar-refractivity contribution in [2.45, 2.75) is 56.3 Å². The van der Waals surface area contributed by atoms with Crippen molar-refractivity contribution in [3.63, 3.8) is 0 Å². The quantitative estimate of drug-likeness (QED) is 0.847. The molecule has 4 unspecified atom stereocenters. The van der Waals surface area contributed by atoms with Crippen molar-refractivity contribution in [2.24, 2.45) is 5.92 Å². The molecule has 4 atom stereocenters. The monoisotopic (exact) mass is 269 g/mol. The molecule has 3 aliphatic rings. The second-order valence-electron chi connectivity index (χ2n) is 6.62. The van der Waals surface area contributed by atoms with Crippen LogP contribution in [0.3, 0.4) is 0 Å². The molecule has 4 heteroatoms. The van der Waals surface area contributed by atoms with E-state index in [1.54, 1.807) is 0 Å². The summed E-state index contributed by atoms with van der Waals surface area (Å²) in [4.78, 5) is 0. The molecule has 3 saturated heterocycles. The summed E-state index contributed by atoms with van der Waals surface area (Å²) in [7, 11) is 2.07. The molecule has 0 aromatic heterocycles. The molecule has 3 heterocycles. The topological polar surface area (TPSA) is 39.7 Å². The molecule has 19 heavy (non-hydrogen) atoms. The lowest BCUT2D eigenvalue weighted by atomic mass is 9.75. The van der Waals surface area contributed by atoms with Gasteiger partial charge in [-0.1, -0.05) is 0 Å². The highest BCUT2D eigenvalue weighted by molar-refractivity contribution is 5.01. The summed E-state index contributed by atoms with van der Waals surface area (Å²) in [6.07, 6.45) is 5.65. The zero-order valence-corrected chi connectivity index (χ0v) is 12.2. The first-order valence-corrected chi connectivity index (χ1v) is 7.70. The third-order valence-corrected chi connectivity index (χ3v) is 5.29. The molecule has 0 aromatic rings. The van der Waals surface area contributed by atoms with E-state index >= 15 is 0 Å². The van der Waals surface area contributed by atoms with Gasteiger partial charge < -0.3 is 19.5 Å². The Morgan fingerprint density at radius 1 is 1.16 bits per heavy atom. The van der Waals surface area contributed by atoms with Crippen molar-refractivity contribution < 1.29 is 14.2 Å². The van der Waals surface area contributed by atoms with E-state index in [1.807, 2.05) is 0 Å². The van der Waals surface area contributed by atoms with Crippen LogP contribution in [0.15, 0.2) is 0 Å². The minimum Gasteiger partial charge on any atom is -0.378 e. The van der Waals surface area contributed by atoms with Crippen molar-refractivity contribution >= 4 is 0 Å². The van der Waals surface area contributed by atoms with Gasteiger partial charge in [-0.05, 0) is 45.6 Å². The number of ether oxygens (including phenoxy) is 3. The smallest absolute Gasteiger partial charge is 0.0939 e. The van der Waals surface area contributed by atoms with Crippen LogP contribution in [-0.4, -0.2) is 50.7 Å². The van der Waals surface area contributed by atoms with Gasteiger partial charge >= 0.3 is 0 Å². The van der Waals surface area contributed by atoms with Gasteiger partial charge in [0.05, 0.1) is 17.8 Å². The van der Waals surface area contributed by atoms with Crippen LogP contribution in [0, 0.1) is 5.92 Å². The van der Waals surface area contributed by atoms with E-state index in [0.717, 1.165) is 45.7 Å². The molecule has 3 rings (SSSR count). The average molecular weight is 269 g/mol. The molecule has 0 aromatic carbocycles. The zero-order valence-electron chi connectivity index (χ0n) is 12.2. The molecule has 0 aliphatic carbocycles. The summed E-state index contributed by atoms with van der Waals surface area (Å²) < 4.78 is 17.7. The first kappa shape index (κ1) is 13.8. The molecular formula is C15H27NO3. The Morgan fingerprint density at radius 3 is 2.68 bits per heavy atom. The fraction of sp³-hybridized carbons (Fsp3) is 1.00. The zero-order chi connectivity index (χ0) is 13.3. The van der Waals surface area contributed by atoms with Crippen molar-refractivity contribution in [1.29, 1.82) is 0 Å². The van der Waals surface area contributed by atoms with Crippen LogP contribution in [0.1, 0.15) is 39.0 Å². The number of hydrogen-bond acceptors (Lipinski definition) is 4. The molecule has 110 valence electrons. The summed E-state index contributed by atoms with van der Waals surface area (Å²) in [6.45, 7) is 5.67. The van der Waals surface area contributed by atoms with Gasteiger partial charge in [-0.3, -0.25) is 0 Å². The van der Waals surface area contributed by atoms with E-state index in [0.29, 0.717) is 12.0 Å². The van der Waals surface area contributed by atoms with Crippen LogP contribution < -0.4 is 5.32 Å². The predicted octanol–water partition coefficient (Wildman–Crippen LogP) is 1.73. The van der Waals surface area contributed by atoms with E-state index in [2.05, 4.69) is 19.3 Å². The van der Waals surface area contributed by atoms with E-state index < -0.39 is 0 Å². The van der Waals surface area contributed by atoms with Crippen LogP contribution in [0.2, 0.25) is 0 Å². The van der Waals surface area contributed by atoms with E-state index in [-0.39, 0.29) is 11.2 Å². The van der Waals surface area contributed by atoms with Crippen LogP contribution in [-0.2, 0) is 14.2 Å². The van der Waals surface area contributed by atoms with Gasteiger partial charge in [0.1, 0.15) is 0 Å². The Bertz CT molecular complexity index is 309. The first-order chi connectivity index (χ1) is 9.18. The fourth-order valence-corrected chi connectivity index (χ4v) is 4.30. The number of rotatable bonds is 3. The highest BCUT2D eigenvalue weighted by atomic mass is 16.6. The van der Waals surface area contributed by atoms with Crippen molar-refractivity contribution in [3.8, 4) is 0 Å². The summed E-state index contributed by atoms with van der Waals surface area (Å²) in [5.74, 6) is 0.628. The van der Waals surface area contributed by atoms with E-state index in [4.69, 9.17) is 14.2 Å². The second kappa shape index (κ2) is 5.32. The van der Waals surface area contributed by atoms with E-state index in [9.17, 15) is 0 Å². The lowest BCUT2D eigenvalue weighted by Gasteiger charge is -2.45. The minimum absolute atomic E-state index is 0.00257. The third kappa shape index (κ3) is 2.56. The Balaban J connectivity index is 1.72. The average Bonchev–Trinajstić information content (AvgIpc) is 3.01. The van der Waals surface area contributed by atoms with Gasteiger partial charge in [0, 0.05) is 32.3 Å². The molecule has 1 spiro atoms. The summed E-state index contributed by atoms with van der Waals surface area (Å²) in [5, 5.41) is 3.54. The second-order valence-corrected chi connectivity index (χ2v) is 6.62. The van der Waals surface area contributed by atoms with Crippen LogP contribution in [0.5, 0.6) is 0 Å². The number of hydrogen-bond donors (Lipinski definition) is 1. The largest absolute Gasteiger partial charge is 0.378 e. The lowest BCUT2D eigenvalue weighted by Crippen LogP contribution is -2.55. The van der Waals surface area contributed by atoms with Gasteiger partial charge in [-0.2, -0.15) is 0 Å². The Kier molecular flexibility index (Phi) is 3.87. The van der Waals surface area contributed by atoms with Gasteiger partial charge in [0.25, 0.3) is 0 Å². The van der Waals surface area contributed by atoms with Gasteiger partial charge in [-0.15, -0.1) is 0 Å². The molecule has 0 radical (unpaired) electrons. The van der Waals surface area contributed by atoms with Crippen molar-refractivity contribution in [1.82, 2.24) is 5.32 Å². The Morgan fingerprint density at radius 2 is 2.05 bits per heavy atom.